The second-order valence-corrected chi connectivity index (χ2v) is 5.96. The summed E-state index contributed by atoms with van der Waals surface area (Å²) in [5.74, 6) is 0.102. The van der Waals surface area contributed by atoms with Crippen LogP contribution >= 0.6 is 0 Å². The van der Waals surface area contributed by atoms with Gasteiger partial charge in [0.2, 0.25) is 5.91 Å². The second-order valence-electron chi connectivity index (χ2n) is 5.96. The number of benzene rings is 1. The lowest BCUT2D eigenvalue weighted by molar-refractivity contribution is -0.122. The summed E-state index contributed by atoms with van der Waals surface area (Å²) in [6.45, 7) is 3.39. The van der Waals surface area contributed by atoms with Crippen LogP contribution in [0.4, 0.5) is 0 Å². The van der Waals surface area contributed by atoms with Crippen molar-refractivity contribution in [2.24, 2.45) is 0 Å². The van der Waals surface area contributed by atoms with Crippen molar-refractivity contribution < 1.29 is 4.79 Å². The van der Waals surface area contributed by atoms with Crippen LogP contribution in [0.25, 0.3) is 10.9 Å². The minimum atomic E-state index is 0.102. The summed E-state index contributed by atoms with van der Waals surface area (Å²) in [6.07, 6.45) is 4.19. The predicted molar refractivity (Wildman–Crippen MR) is 88.7 cm³/mol. The molecule has 1 aliphatic rings. The Morgan fingerprint density at radius 2 is 2.14 bits per heavy atom. The highest BCUT2D eigenvalue weighted by molar-refractivity contribution is 5.82. The zero-order valence-electron chi connectivity index (χ0n) is 13.1. The van der Waals surface area contributed by atoms with E-state index in [1.54, 1.807) is 7.05 Å². The molecule has 118 valence electrons. The molecule has 5 heteroatoms. The average molecular weight is 300 g/mol. The van der Waals surface area contributed by atoms with Gasteiger partial charge < -0.3 is 15.6 Å². The standard InChI is InChI=1S/C17H24N4O/c1-18-17(22)12-21-9-6-14(7-10-21)20-11-13-3-2-4-16-15(13)5-8-19-16/h2-5,8,14,19-20H,6-7,9-12H2,1H3,(H,18,22). The topological polar surface area (TPSA) is 60.2 Å². The predicted octanol–water partition coefficient (Wildman–Crippen LogP) is 1.47. The van der Waals surface area contributed by atoms with Gasteiger partial charge in [0.05, 0.1) is 6.54 Å². The number of H-pyrrole nitrogens is 1. The minimum Gasteiger partial charge on any atom is -0.361 e. The average Bonchev–Trinajstić information content (AvgIpc) is 3.03. The number of amides is 1. The van der Waals surface area contributed by atoms with Gasteiger partial charge in [-0.2, -0.15) is 0 Å². The lowest BCUT2D eigenvalue weighted by atomic mass is 10.0. The van der Waals surface area contributed by atoms with Crippen LogP contribution in [0.5, 0.6) is 0 Å². The van der Waals surface area contributed by atoms with Crippen LogP contribution in [-0.2, 0) is 11.3 Å². The zero-order valence-corrected chi connectivity index (χ0v) is 13.1. The van der Waals surface area contributed by atoms with Gasteiger partial charge in [-0.25, -0.2) is 0 Å². The summed E-state index contributed by atoms with van der Waals surface area (Å²) in [7, 11) is 1.69. The van der Waals surface area contributed by atoms with Gasteiger partial charge in [-0.15, -0.1) is 0 Å². The number of fused-ring (bicyclic) bond motifs is 1. The molecule has 2 aromatic rings. The number of rotatable bonds is 5. The molecule has 1 fully saturated rings. The number of nitrogens with zero attached hydrogens (tertiary/aromatic N) is 1. The Morgan fingerprint density at radius 1 is 1.32 bits per heavy atom. The molecular formula is C17H24N4O. The molecule has 1 aliphatic heterocycles. The third-order valence-electron chi connectivity index (χ3n) is 4.50. The number of likely N-dealkylation sites (tertiary alicyclic amines) is 1. The van der Waals surface area contributed by atoms with Crippen molar-refractivity contribution in [2.75, 3.05) is 26.7 Å². The van der Waals surface area contributed by atoms with E-state index in [1.807, 2.05) is 6.20 Å². The Balaban J connectivity index is 1.49. The molecule has 0 saturated carbocycles. The molecule has 3 rings (SSSR count). The summed E-state index contributed by atoms with van der Waals surface area (Å²) in [4.78, 5) is 16.9. The van der Waals surface area contributed by atoms with Crippen LogP contribution < -0.4 is 10.6 Å². The number of piperidine rings is 1. The summed E-state index contributed by atoms with van der Waals surface area (Å²) < 4.78 is 0. The molecule has 0 atom stereocenters. The lowest BCUT2D eigenvalue weighted by Gasteiger charge is -2.32. The van der Waals surface area contributed by atoms with Crippen LogP contribution in [0.3, 0.4) is 0 Å². The number of hydrogen-bond donors (Lipinski definition) is 3. The van der Waals surface area contributed by atoms with Gasteiger partial charge >= 0.3 is 0 Å². The van der Waals surface area contributed by atoms with Crippen molar-refractivity contribution in [2.45, 2.75) is 25.4 Å². The molecule has 0 bridgehead atoms. The second kappa shape index (κ2) is 6.94. The number of nitrogens with one attached hydrogen (secondary N) is 3. The number of carbonyl (C=O) groups excluding carboxylic acids is 1. The quantitative estimate of drug-likeness (QED) is 0.783. The first-order valence-corrected chi connectivity index (χ1v) is 7.97. The van der Waals surface area contributed by atoms with Crippen molar-refractivity contribution in [3.05, 3.63) is 36.0 Å². The maximum Gasteiger partial charge on any atom is 0.233 e. The smallest absolute Gasteiger partial charge is 0.233 e. The first-order chi connectivity index (χ1) is 10.8. The Hall–Kier alpha value is -1.85. The summed E-state index contributed by atoms with van der Waals surface area (Å²) in [5, 5.41) is 7.65. The molecule has 1 amide bonds. The van der Waals surface area contributed by atoms with Crippen molar-refractivity contribution in [3.63, 3.8) is 0 Å². The van der Waals surface area contributed by atoms with E-state index in [2.05, 4.69) is 44.8 Å². The molecule has 1 saturated heterocycles. The highest BCUT2D eigenvalue weighted by atomic mass is 16.1. The molecule has 22 heavy (non-hydrogen) atoms. The molecule has 0 radical (unpaired) electrons. The monoisotopic (exact) mass is 300 g/mol. The van der Waals surface area contributed by atoms with Crippen molar-refractivity contribution >= 4 is 16.8 Å². The Bertz CT molecular complexity index is 628. The maximum absolute atomic E-state index is 11.4. The fourth-order valence-corrected chi connectivity index (χ4v) is 3.14. The molecule has 0 spiro atoms. The largest absolute Gasteiger partial charge is 0.361 e. The van der Waals surface area contributed by atoms with Gasteiger partial charge in [0.1, 0.15) is 0 Å². The van der Waals surface area contributed by atoms with E-state index < -0.39 is 0 Å². The van der Waals surface area contributed by atoms with E-state index in [4.69, 9.17) is 0 Å². The van der Waals surface area contributed by atoms with Gasteiger partial charge in [-0.1, -0.05) is 12.1 Å². The third kappa shape index (κ3) is 3.48. The third-order valence-corrected chi connectivity index (χ3v) is 4.50. The maximum atomic E-state index is 11.4. The SMILES string of the molecule is CNC(=O)CN1CCC(NCc2cccc3[nH]ccc23)CC1. The van der Waals surface area contributed by atoms with E-state index in [9.17, 15) is 4.79 Å². The number of likely N-dealkylation sites (N-methyl/N-ethyl adjacent to an activating group) is 1. The number of carbonyl (C=O) groups is 1. The molecule has 0 aliphatic carbocycles. The van der Waals surface area contributed by atoms with E-state index in [0.717, 1.165) is 32.5 Å². The first-order valence-electron chi connectivity index (χ1n) is 7.97. The highest BCUT2D eigenvalue weighted by Gasteiger charge is 2.20. The molecule has 0 unspecified atom stereocenters. The van der Waals surface area contributed by atoms with Gasteiger partial charge in [0, 0.05) is 49.8 Å². The number of aromatic nitrogens is 1. The van der Waals surface area contributed by atoms with E-state index >= 15 is 0 Å². The van der Waals surface area contributed by atoms with Crippen LogP contribution in [-0.4, -0.2) is 48.5 Å². The molecule has 3 N–H and O–H groups in total. The normalized spacial score (nSPS) is 17.0. The van der Waals surface area contributed by atoms with Crippen LogP contribution in [0.2, 0.25) is 0 Å². The van der Waals surface area contributed by atoms with E-state index in [-0.39, 0.29) is 5.91 Å². The Labute approximate surface area is 131 Å². The van der Waals surface area contributed by atoms with E-state index in [1.165, 1.54) is 16.5 Å². The van der Waals surface area contributed by atoms with Crippen LogP contribution in [0.15, 0.2) is 30.5 Å². The summed E-state index contributed by atoms with van der Waals surface area (Å²) in [5.41, 5.74) is 2.53. The summed E-state index contributed by atoms with van der Waals surface area (Å²) >= 11 is 0. The van der Waals surface area contributed by atoms with Gasteiger partial charge in [0.25, 0.3) is 0 Å². The molecular weight excluding hydrogens is 276 g/mol. The minimum absolute atomic E-state index is 0.102. The van der Waals surface area contributed by atoms with Crippen molar-refractivity contribution in [1.29, 1.82) is 0 Å². The fraction of sp³-hybridized carbons (Fsp3) is 0.471. The van der Waals surface area contributed by atoms with E-state index in [0.29, 0.717) is 12.6 Å². The molecule has 2 heterocycles. The van der Waals surface area contributed by atoms with Crippen molar-refractivity contribution in [1.82, 2.24) is 20.5 Å². The molecule has 1 aromatic carbocycles. The number of hydrogen-bond acceptors (Lipinski definition) is 3. The molecule has 5 nitrogen and oxygen atoms in total. The van der Waals surface area contributed by atoms with Gasteiger partial charge in [0.15, 0.2) is 0 Å². The Kier molecular flexibility index (Phi) is 4.75. The van der Waals surface area contributed by atoms with Gasteiger partial charge in [-0.3, -0.25) is 9.69 Å². The van der Waals surface area contributed by atoms with Crippen LogP contribution in [0, 0.1) is 0 Å². The van der Waals surface area contributed by atoms with Crippen molar-refractivity contribution in [3.8, 4) is 0 Å². The van der Waals surface area contributed by atoms with Crippen LogP contribution in [0.1, 0.15) is 18.4 Å². The Morgan fingerprint density at radius 3 is 2.91 bits per heavy atom. The fourth-order valence-electron chi connectivity index (χ4n) is 3.14. The number of aromatic amines is 1. The lowest BCUT2D eigenvalue weighted by Crippen LogP contribution is -2.45. The zero-order chi connectivity index (χ0) is 15.4. The first kappa shape index (κ1) is 15.1. The molecule has 1 aromatic heterocycles. The highest BCUT2D eigenvalue weighted by Crippen LogP contribution is 2.18. The van der Waals surface area contributed by atoms with Gasteiger partial charge in [-0.05, 0) is 30.5 Å². The summed E-state index contributed by atoms with van der Waals surface area (Å²) in [6, 6.07) is 9.07.